The van der Waals surface area contributed by atoms with Crippen molar-refractivity contribution in [3.8, 4) is 6.07 Å². The van der Waals surface area contributed by atoms with Crippen LogP contribution in [0.15, 0.2) is 0 Å². The zero-order valence-electron chi connectivity index (χ0n) is 8.45. The molecule has 0 aromatic rings. The van der Waals surface area contributed by atoms with Crippen molar-refractivity contribution >= 4 is 9.84 Å². The predicted molar refractivity (Wildman–Crippen MR) is 52.9 cm³/mol. The highest BCUT2D eigenvalue weighted by molar-refractivity contribution is 7.91. The average molecular weight is 203 g/mol. The monoisotopic (exact) mass is 203 g/mol. The van der Waals surface area contributed by atoms with Crippen LogP contribution in [0.2, 0.25) is 0 Å². The second-order valence-corrected chi connectivity index (χ2v) is 6.06. The summed E-state index contributed by atoms with van der Waals surface area (Å²) in [7, 11) is -3.01. The molecule has 0 aliphatic carbocycles. The Morgan fingerprint density at radius 1 is 1.31 bits per heavy atom. The lowest BCUT2D eigenvalue weighted by molar-refractivity contribution is 0.568. The molecule has 0 fully saturated rings. The van der Waals surface area contributed by atoms with Gasteiger partial charge in [-0.15, -0.1) is 0 Å². The molecule has 76 valence electrons. The van der Waals surface area contributed by atoms with Crippen LogP contribution >= 0.6 is 0 Å². The largest absolute Gasteiger partial charge is 0.229 e. The fourth-order valence-corrected chi connectivity index (χ4v) is 2.75. The van der Waals surface area contributed by atoms with Gasteiger partial charge in [-0.05, 0) is 19.3 Å². The topological polar surface area (TPSA) is 57.9 Å². The van der Waals surface area contributed by atoms with Crippen LogP contribution < -0.4 is 0 Å². The molecular formula is C9H17NO2S. The Balaban J connectivity index is 4.04. The average Bonchev–Trinajstić information content (AvgIpc) is 2.00. The van der Waals surface area contributed by atoms with E-state index in [1.807, 2.05) is 19.9 Å². The SMILES string of the molecule is CC(C)CCS(=O)(=O)CC(C)C#N. The van der Waals surface area contributed by atoms with E-state index in [9.17, 15) is 8.42 Å². The van der Waals surface area contributed by atoms with Crippen LogP contribution in [0.4, 0.5) is 0 Å². The molecule has 0 saturated heterocycles. The van der Waals surface area contributed by atoms with Crippen LogP contribution in [0.1, 0.15) is 27.2 Å². The van der Waals surface area contributed by atoms with E-state index in [-0.39, 0.29) is 11.5 Å². The van der Waals surface area contributed by atoms with Crippen LogP contribution in [-0.2, 0) is 9.84 Å². The van der Waals surface area contributed by atoms with E-state index >= 15 is 0 Å². The van der Waals surface area contributed by atoms with Crippen molar-refractivity contribution < 1.29 is 8.42 Å². The Morgan fingerprint density at radius 2 is 1.85 bits per heavy atom. The molecule has 0 radical (unpaired) electrons. The number of rotatable bonds is 5. The molecule has 3 nitrogen and oxygen atoms in total. The molecule has 0 spiro atoms. The quantitative estimate of drug-likeness (QED) is 0.682. The first-order chi connectivity index (χ1) is 5.87. The summed E-state index contributed by atoms with van der Waals surface area (Å²) >= 11 is 0. The van der Waals surface area contributed by atoms with Gasteiger partial charge < -0.3 is 0 Å². The first-order valence-corrected chi connectivity index (χ1v) is 6.29. The lowest BCUT2D eigenvalue weighted by Gasteiger charge is -2.06. The molecule has 0 N–H and O–H groups in total. The summed E-state index contributed by atoms with van der Waals surface area (Å²) in [5.41, 5.74) is 0. The molecule has 13 heavy (non-hydrogen) atoms. The third-order valence-electron chi connectivity index (χ3n) is 1.73. The van der Waals surface area contributed by atoms with Crippen LogP contribution in [0.3, 0.4) is 0 Å². The molecule has 0 amide bonds. The minimum absolute atomic E-state index is 0.00375. The zero-order valence-corrected chi connectivity index (χ0v) is 9.26. The van der Waals surface area contributed by atoms with Gasteiger partial charge in [0.25, 0.3) is 0 Å². The summed E-state index contributed by atoms with van der Waals surface area (Å²) in [5, 5.41) is 8.46. The van der Waals surface area contributed by atoms with E-state index in [0.717, 1.165) is 0 Å². The van der Waals surface area contributed by atoms with Gasteiger partial charge >= 0.3 is 0 Å². The zero-order chi connectivity index (χ0) is 10.5. The number of sulfone groups is 1. The van der Waals surface area contributed by atoms with E-state index in [2.05, 4.69) is 0 Å². The van der Waals surface area contributed by atoms with E-state index in [0.29, 0.717) is 12.3 Å². The van der Waals surface area contributed by atoms with Crippen molar-refractivity contribution in [2.75, 3.05) is 11.5 Å². The molecule has 0 saturated carbocycles. The van der Waals surface area contributed by atoms with Crippen LogP contribution in [0, 0.1) is 23.2 Å². The third-order valence-corrected chi connectivity index (χ3v) is 3.60. The lowest BCUT2D eigenvalue weighted by Crippen LogP contribution is -2.17. The minimum atomic E-state index is -3.01. The molecule has 0 aliphatic heterocycles. The summed E-state index contributed by atoms with van der Waals surface area (Å²) < 4.78 is 22.7. The molecule has 1 unspecified atom stereocenters. The molecule has 0 aromatic carbocycles. The summed E-state index contributed by atoms with van der Waals surface area (Å²) in [6.07, 6.45) is 0.681. The van der Waals surface area contributed by atoms with E-state index in [1.165, 1.54) is 0 Å². The Hall–Kier alpha value is -0.560. The summed E-state index contributed by atoms with van der Waals surface area (Å²) in [5.74, 6) is 0.205. The Kier molecular flexibility index (Phi) is 5.01. The van der Waals surface area contributed by atoms with Crippen LogP contribution in [-0.4, -0.2) is 19.9 Å². The Morgan fingerprint density at radius 3 is 2.23 bits per heavy atom. The predicted octanol–water partition coefficient (Wildman–Crippen LogP) is 1.61. The highest BCUT2D eigenvalue weighted by atomic mass is 32.2. The van der Waals surface area contributed by atoms with Gasteiger partial charge in [0.15, 0.2) is 9.84 Å². The highest BCUT2D eigenvalue weighted by Gasteiger charge is 2.15. The van der Waals surface area contributed by atoms with Gasteiger partial charge in [-0.1, -0.05) is 13.8 Å². The van der Waals surface area contributed by atoms with Gasteiger partial charge in [-0.3, -0.25) is 0 Å². The third kappa shape index (κ3) is 6.59. The highest BCUT2D eigenvalue weighted by Crippen LogP contribution is 2.06. The number of hydrogen-bond acceptors (Lipinski definition) is 3. The van der Waals surface area contributed by atoms with Gasteiger partial charge in [0, 0.05) is 0 Å². The van der Waals surface area contributed by atoms with E-state index < -0.39 is 15.8 Å². The Labute approximate surface area is 80.7 Å². The number of hydrogen-bond donors (Lipinski definition) is 0. The van der Waals surface area contributed by atoms with Gasteiger partial charge in [0.2, 0.25) is 0 Å². The van der Waals surface area contributed by atoms with Crippen molar-refractivity contribution in [1.29, 1.82) is 5.26 Å². The molecule has 0 bridgehead atoms. The van der Waals surface area contributed by atoms with Crippen LogP contribution in [0.25, 0.3) is 0 Å². The van der Waals surface area contributed by atoms with Crippen molar-refractivity contribution in [1.82, 2.24) is 0 Å². The van der Waals surface area contributed by atoms with E-state index in [4.69, 9.17) is 5.26 Å². The molecule has 0 heterocycles. The molecule has 0 aromatic heterocycles. The van der Waals surface area contributed by atoms with Gasteiger partial charge in [-0.2, -0.15) is 5.26 Å². The van der Waals surface area contributed by atoms with Crippen molar-refractivity contribution in [3.63, 3.8) is 0 Å². The minimum Gasteiger partial charge on any atom is -0.229 e. The fraction of sp³-hybridized carbons (Fsp3) is 0.889. The Bertz CT molecular complexity index is 274. The van der Waals surface area contributed by atoms with Gasteiger partial charge in [0.05, 0.1) is 23.5 Å². The maximum absolute atomic E-state index is 11.4. The summed E-state index contributed by atoms with van der Waals surface area (Å²) in [4.78, 5) is 0. The molecule has 0 aliphatic rings. The first-order valence-electron chi connectivity index (χ1n) is 4.47. The van der Waals surface area contributed by atoms with Gasteiger partial charge in [0.1, 0.15) is 0 Å². The molecule has 0 rings (SSSR count). The summed E-state index contributed by atoms with van der Waals surface area (Å²) in [6, 6.07) is 1.93. The number of nitrogens with zero attached hydrogens (tertiary/aromatic N) is 1. The van der Waals surface area contributed by atoms with Crippen molar-refractivity contribution in [2.45, 2.75) is 27.2 Å². The van der Waals surface area contributed by atoms with Crippen molar-refractivity contribution in [3.05, 3.63) is 0 Å². The van der Waals surface area contributed by atoms with Crippen molar-refractivity contribution in [2.24, 2.45) is 11.8 Å². The van der Waals surface area contributed by atoms with Crippen LogP contribution in [0.5, 0.6) is 0 Å². The van der Waals surface area contributed by atoms with Gasteiger partial charge in [-0.25, -0.2) is 8.42 Å². The maximum atomic E-state index is 11.4. The second-order valence-electron chi connectivity index (χ2n) is 3.83. The molecule has 4 heteroatoms. The molecular weight excluding hydrogens is 186 g/mol. The lowest BCUT2D eigenvalue weighted by atomic mass is 10.2. The summed E-state index contributed by atoms with van der Waals surface area (Å²) in [6.45, 7) is 5.61. The first kappa shape index (κ1) is 12.4. The van der Waals surface area contributed by atoms with E-state index in [1.54, 1.807) is 6.92 Å². The maximum Gasteiger partial charge on any atom is 0.151 e. The number of nitriles is 1. The second kappa shape index (κ2) is 5.23. The smallest absolute Gasteiger partial charge is 0.151 e. The molecule has 1 atom stereocenters. The normalized spacial score (nSPS) is 14.1. The fourth-order valence-electron chi connectivity index (χ4n) is 0.917. The standard InChI is InChI=1S/C9H17NO2S/c1-8(2)4-5-13(11,12)7-9(3)6-10/h8-9H,4-5,7H2,1-3H3.